The lowest BCUT2D eigenvalue weighted by atomic mass is 9.85. The van der Waals surface area contributed by atoms with Crippen molar-refractivity contribution >= 4 is 45.7 Å². The van der Waals surface area contributed by atoms with Crippen LogP contribution in [0.1, 0.15) is 85.3 Å². The minimum absolute atomic E-state index is 0.0303. The number of carbonyl (C=O) groups is 6. The van der Waals surface area contributed by atoms with Gasteiger partial charge in [-0.05, 0) is 34.8 Å². The van der Waals surface area contributed by atoms with Crippen molar-refractivity contribution in [3.05, 3.63) is 48.0 Å². The molecule has 2 aliphatic rings. The molecule has 0 radical (unpaired) electrons. The molecule has 6 amide bonds. The highest BCUT2D eigenvalue weighted by atomic mass is 32.2. The maximum atomic E-state index is 14.6. The summed E-state index contributed by atoms with van der Waals surface area (Å²) < 4.78 is 31.5. The molecule has 2 heterocycles. The number of Topliss-reactive ketones (excluding diaryl/α,β-unsaturated/α-hetero) is 1. The number of likely N-dealkylation sites (tertiary alicyclic amines) is 1. The van der Waals surface area contributed by atoms with Crippen LogP contribution in [0.4, 0.5) is 9.59 Å². The molecule has 318 valence electrons. The Kier molecular flexibility index (Phi) is 16.3. The van der Waals surface area contributed by atoms with Crippen molar-refractivity contribution in [3.63, 3.8) is 0 Å². The number of sulfonamides is 1. The maximum absolute atomic E-state index is 14.6. The van der Waals surface area contributed by atoms with E-state index in [4.69, 9.17) is 4.74 Å². The van der Waals surface area contributed by atoms with Gasteiger partial charge in [0, 0.05) is 45.7 Å². The van der Waals surface area contributed by atoms with Crippen LogP contribution in [-0.4, -0.2) is 128 Å². The number of ketones is 1. The van der Waals surface area contributed by atoms with Crippen LogP contribution in [0.3, 0.4) is 0 Å². The Hall–Kier alpha value is -4.51. The Morgan fingerprint density at radius 1 is 1.00 bits per heavy atom. The molecular formula is C40H63N7O9S. The van der Waals surface area contributed by atoms with Gasteiger partial charge >= 0.3 is 12.1 Å². The summed E-state index contributed by atoms with van der Waals surface area (Å²) in [5, 5.41) is 10.8. The predicted molar refractivity (Wildman–Crippen MR) is 216 cm³/mol. The average molecular weight is 818 g/mol. The van der Waals surface area contributed by atoms with Crippen LogP contribution >= 0.6 is 0 Å². The number of likely N-dealkylation sites (N-methyl/N-ethyl adjacent to an activating group) is 1. The topological polar surface area (TPSA) is 204 Å². The van der Waals surface area contributed by atoms with Crippen molar-refractivity contribution in [2.24, 2.45) is 10.8 Å². The quantitative estimate of drug-likeness (QED) is 0.143. The molecule has 0 aliphatic carbocycles. The summed E-state index contributed by atoms with van der Waals surface area (Å²) in [4.78, 5) is 84.7. The van der Waals surface area contributed by atoms with E-state index in [1.807, 2.05) is 52.0 Å². The van der Waals surface area contributed by atoms with E-state index in [0.717, 1.165) is 21.7 Å². The van der Waals surface area contributed by atoms with Crippen LogP contribution in [0.25, 0.3) is 0 Å². The van der Waals surface area contributed by atoms with Crippen LogP contribution in [0.2, 0.25) is 0 Å². The molecule has 1 saturated heterocycles. The molecule has 1 fully saturated rings. The van der Waals surface area contributed by atoms with Crippen LogP contribution in [-0.2, 0) is 46.9 Å². The summed E-state index contributed by atoms with van der Waals surface area (Å²) in [6, 6.07) is 2.79. The lowest BCUT2D eigenvalue weighted by Crippen LogP contribution is -2.62. The number of hydrogen-bond acceptors (Lipinski definition) is 9. The standard InChI is InChI=1S/C40H63N7O9S/c1-11-13-18-29(32(48)35(50)41-20-12-2)42-34(49)30-22-28(56-38(53)46-21-19-26-16-14-15-17-27(26)23-46)24-47(30)36(51)33(40(6,7)8)44-37(52)43-31(39(3,4)5)25-45(9)57(10,54)55/h12,14-17,28-31,33H,2,11,13,18-25H2,1,3-10H3,(H,41,50)(H,42,49)(H2,43,44,52)/t28-,29?,30+,31-,33?/m1/s1. The fourth-order valence-electron chi connectivity index (χ4n) is 6.67. The monoisotopic (exact) mass is 817 g/mol. The van der Waals surface area contributed by atoms with E-state index in [9.17, 15) is 37.2 Å². The Balaban J connectivity index is 1.92. The minimum Gasteiger partial charge on any atom is -0.444 e. The molecule has 5 atom stereocenters. The van der Waals surface area contributed by atoms with Gasteiger partial charge in [-0.2, -0.15) is 0 Å². The van der Waals surface area contributed by atoms with Crippen molar-refractivity contribution in [1.82, 2.24) is 35.4 Å². The number of unbranched alkanes of at least 4 members (excludes halogenated alkanes) is 1. The number of urea groups is 1. The first kappa shape index (κ1) is 46.9. The molecule has 2 aliphatic heterocycles. The molecular weight excluding hydrogens is 755 g/mol. The molecule has 3 rings (SSSR count). The zero-order valence-corrected chi connectivity index (χ0v) is 35.8. The average Bonchev–Trinajstić information content (AvgIpc) is 3.55. The minimum atomic E-state index is -3.57. The summed E-state index contributed by atoms with van der Waals surface area (Å²) in [6.45, 7) is 16.8. The highest BCUT2D eigenvalue weighted by Gasteiger charge is 2.47. The largest absolute Gasteiger partial charge is 0.444 e. The van der Waals surface area contributed by atoms with Crippen molar-refractivity contribution in [2.45, 2.75) is 117 Å². The fraction of sp³-hybridized carbons (Fsp3) is 0.650. The first-order chi connectivity index (χ1) is 26.5. The van der Waals surface area contributed by atoms with E-state index in [2.05, 4.69) is 27.8 Å². The fourth-order valence-corrected chi connectivity index (χ4v) is 7.09. The summed E-state index contributed by atoms with van der Waals surface area (Å²) in [7, 11) is -2.15. The Bertz CT molecular complexity index is 1760. The number of carbonyl (C=O) groups excluding carboxylic acids is 6. The molecule has 0 spiro atoms. The number of nitrogens with one attached hydrogen (secondary N) is 4. The van der Waals surface area contributed by atoms with Crippen molar-refractivity contribution in [1.29, 1.82) is 0 Å². The van der Waals surface area contributed by atoms with E-state index >= 15 is 0 Å². The van der Waals surface area contributed by atoms with Crippen LogP contribution in [0.5, 0.6) is 0 Å². The number of ether oxygens (including phenoxy) is 1. The highest BCUT2D eigenvalue weighted by Crippen LogP contribution is 2.29. The zero-order valence-electron chi connectivity index (χ0n) is 35.0. The first-order valence-electron chi connectivity index (χ1n) is 19.5. The van der Waals surface area contributed by atoms with Gasteiger partial charge in [-0.15, -0.1) is 6.58 Å². The number of hydrogen-bond donors (Lipinski definition) is 4. The second-order valence-corrected chi connectivity index (χ2v) is 19.2. The highest BCUT2D eigenvalue weighted by molar-refractivity contribution is 7.88. The number of fused-ring (bicyclic) bond motifs is 1. The van der Waals surface area contributed by atoms with E-state index in [1.54, 1.807) is 25.7 Å². The Morgan fingerprint density at radius 3 is 2.23 bits per heavy atom. The third-order valence-electron chi connectivity index (χ3n) is 10.4. The Labute approximate surface area is 337 Å². The van der Waals surface area contributed by atoms with E-state index < -0.39 is 86.8 Å². The normalized spacial score (nSPS) is 18.8. The Morgan fingerprint density at radius 2 is 1.65 bits per heavy atom. The molecule has 57 heavy (non-hydrogen) atoms. The van der Waals surface area contributed by atoms with Gasteiger partial charge < -0.3 is 35.8 Å². The SMILES string of the molecule is C=CCNC(=O)C(=O)C(CCCC)NC(=O)[C@@H]1C[C@@H](OC(=O)N2CCc3ccccc3C2)CN1C(=O)C(NC(=O)N[C@H](CN(C)S(C)(=O)=O)C(C)(C)C)C(C)(C)C. The summed E-state index contributed by atoms with van der Waals surface area (Å²) in [5.41, 5.74) is 0.643. The lowest BCUT2D eigenvalue weighted by molar-refractivity contribution is -0.143. The van der Waals surface area contributed by atoms with Gasteiger partial charge in [0.2, 0.25) is 27.6 Å². The first-order valence-corrected chi connectivity index (χ1v) is 21.4. The molecule has 4 N–H and O–H groups in total. The third-order valence-corrected chi connectivity index (χ3v) is 11.6. The van der Waals surface area contributed by atoms with Gasteiger partial charge in [0.1, 0.15) is 18.2 Å². The van der Waals surface area contributed by atoms with Gasteiger partial charge in [0.25, 0.3) is 5.91 Å². The van der Waals surface area contributed by atoms with Gasteiger partial charge in [0.05, 0.1) is 18.8 Å². The van der Waals surface area contributed by atoms with Crippen molar-refractivity contribution < 1.29 is 41.9 Å². The molecule has 16 nitrogen and oxygen atoms in total. The molecule has 1 aromatic rings. The predicted octanol–water partition coefficient (Wildman–Crippen LogP) is 2.72. The number of amides is 6. The van der Waals surface area contributed by atoms with Gasteiger partial charge in [0.15, 0.2) is 0 Å². The summed E-state index contributed by atoms with van der Waals surface area (Å²) >= 11 is 0. The van der Waals surface area contributed by atoms with Crippen molar-refractivity contribution in [3.8, 4) is 0 Å². The number of nitrogens with zero attached hydrogens (tertiary/aromatic N) is 3. The molecule has 0 aromatic heterocycles. The van der Waals surface area contributed by atoms with Crippen LogP contribution in [0.15, 0.2) is 36.9 Å². The summed E-state index contributed by atoms with van der Waals surface area (Å²) in [5.74, 6) is -3.08. The third kappa shape index (κ3) is 13.3. The summed E-state index contributed by atoms with van der Waals surface area (Å²) in [6.07, 6.45) is 2.90. The lowest BCUT2D eigenvalue weighted by Gasteiger charge is -2.37. The molecule has 17 heteroatoms. The second-order valence-electron chi connectivity index (χ2n) is 17.1. The zero-order chi connectivity index (χ0) is 42.9. The number of rotatable bonds is 16. The molecule has 0 bridgehead atoms. The van der Waals surface area contributed by atoms with Crippen molar-refractivity contribution in [2.75, 3.05) is 39.5 Å². The second kappa shape index (κ2) is 19.8. The smallest absolute Gasteiger partial charge is 0.410 e. The molecule has 2 unspecified atom stereocenters. The van der Waals surface area contributed by atoms with E-state index in [-0.39, 0.29) is 32.5 Å². The van der Waals surface area contributed by atoms with Gasteiger partial charge in [-0.1, -0.05) is 91.6 Å². The van der Waals surface area contributed by atoms with E-state index in [0.29, 0.717) is 32.4 Å². The molecule has 0 saturated carbocycles. The van der Waals surface area contributed by atoms with Gasteiger partial charge in [-0.25, -0.2) is 22.3 Å². The van der Waals surface area contributed by atoms with Crippen LogP contribution < -0.4 is 21.3 Å². The van der Waals surface area contributed by atoms with E-state index in [1.165, 1.54) is 18.0 Å². The molecule has 1 aromatic carbocycles. The maximum Gasteiger partial charge on any atom is 0.410 e. The van der Waals surface area contributed by atoms with Crippen LogP contribution in [0, 0.1) is 10.8 Å². The number of benzene rings is 1. The van der Waals surface area contributed by atoms with Gasteiger partial charge in [-0.3, -0.25) is 19.2 Å².